The van der Waals surface area contributed by atoms with E-state index in [2.05, 4.69) is 15.0 Å². The molecule has 3 rings (SSSR count). The Kier molecular flexibility index (Phi) is 4.08. The van der Waals surface area contributed by atoms with Gasteiger partial charge in [-0.3, -0.25) is 4.90 Å². The lowest BCUT2D eigenvalue weighted by Crippen LogP contribution is -2.38. The van der Waals surface area contributed by atoms with Crippen LogP contribution in [0, 0.1) is 0 Å². The maximum atomic E-state index is 11.4. The van der Waals surface area contributed by atoms with E-state index in [0.717, 1.165) is 25.4 Å². The normalized spacial score (nSPS) is 22.4. The molecule has 0 spiro atoms. The molecule has 0 aromatic carbocycles. The molecule has 20 heavy (non-hydrogen) atoms. The van der Waals surface area contributed by atoms with Gasteiger partial charge in [0, 0.05) is 18.6 Å². The van der Waals surface area contributed by atoms with E-state index in [0.29, 0.717) is 12.1 Å². The van der Waals surface area contributed by atoms with Gasteiger partial charge in [-0.25, -0.2) is 4.79 Å². The number of carbonyl (C=O) groups is 1. The van der Waals surface area contributed by atoms with Crippen LogP contribution in [0.25, 0.3) is 0 Å². The SMILES string of the molecule is COC(=O)c1ccc(CN(CC2CCCN2)C2CC2)o1. The van der Waals surface area contributed by atoms with Crippen LogP contribution in [0.4, 0.5) is 0 Å². The zero-order chi connectivity index (χ0) is 13.9. The number of hydrogen-bond donors (Lipinski definition) is 1. The van der Waals surface area contributed by atoms with Gasteiger partial charge in [-0.2, -0.15) is 0 Å². The Morgan fingerprint density at radius 2 is 2.30 bits per heavy atom. The number of hydrogen-bond acceptors (Lipinski definition) is 5. The maximum absolute atomic E-state index is 11.4. The van der Waals surface area contributed by atoms with Crippen molar-refractivity contribution in [3.05, 3.63) is 23.7 Å². The molecule has 1 N–H and O–H groups in total. The molecule has 1 aliphatic heterocycles. The molecule has 1 aromatic rings. The lowest BCUT2D eigenvalue weighted by molar-refractivity contribution is 0.0560. The molecule has 5 heteroatoms. The number of ether oxygens (including phenoxy) is 1. The quantitative estimate of drug-likeness (QED) is 0.804. The lowest BCUT2D eigenvalue weighted by Gasteiger charge is -2.24. The van der Waals surface area contributed by atoms with Crippen LogP contribution in [-0.2, 0) is 11.3 Å². The number of methoxy groups -OCH3 is 1. The Morgan fingerprint density at radius 3 is 2.95 bits per heavy atom. The van der Waals surface area contributed by atoms with Crippen molar-refractivity contribution in [2.45, 2.75) is 44.3 Å². The molecule has 2 aliphatic rings. The zero-order valence-electron chi connectivity index (χ0n) is 11.9. The van der Waals surface area contributed by atoms with Crippen molar-refractivity contribution in [3.8, 4) is 0 Å². The molecule has 0 bridgehead atoms. The zero-order valence-corrected chi connectivity index (χ0v) is 11.9. The third-order valence-electron chi connectivity index (χ3n) is 4.09. The molecular formula is C15H22N2O3. The van der Waals surface area contributed by atoms with Gasteiger partial charge >= 0.3 is 5.97 Å². The van der Waals surface area contributed by atoms with Crippen molar-refractivity contribution < 1.29 is 13.9 Å². The minimum Gasteiger partial charge on any atom is -0.463 e. The maximum Gasteiger partial charge on any atom is 0.373 e. The van der Waals surface area contributed by atoms with Crippen LogP contribution >= 0.6 is 0 Å². The standard InChI is InChI=1S/C15H22N2O3/c1-19-15(18)14-7-6-13(20-14)10-17(12-4-5-12)9-11-3-2-8-16-11/h6-7,11-12,16H,2-5,8-10H2,1H3. The summed E-state index contributed by atoms with van der Waals surface area (Å²) >= 11 is 0. The first kappa shape index (κ1) is 13.6. The van der Waals surface area contributed by atoms with Crippen LogP contribution in [0.3, 0.4) is 0 Å². The highest BCUT2D eigenvalue weighted by Crippen LogP contribution is 2.29. The molecule has 1 saturated carbocycles. The van der Waals surface area contributed by atoms with E-state index in [-0.39, 0.29) is 5.76 Å². The van der Waals surface area contributed by atoms with E-state index in [1.807, 2.05) is 6.07 Å². The smallest absolute Gasteiger partial charge is 0.373 e. The summed E-state index contributed by atoms with van der Waals surface area (Å²) in [5.41, 5.74) is 0. The minimum absolute atomic E-state index is 0.289. The molecule has 1 unspecified atom stereocenters. The average molecular weight is 278 g/mol. The summed E-state index contributed by atoms with van der Waals surface area (Å²) in [6.45, 7) is 2.98. The molecule has 110 valence electrons. The van der Waals surface area contributed by atoms with E-state index in [9.17, 15) is 4.79 Å². The molecule has 1 saturated heterocycles. The van der Waals surface area contributed by atoms with Crippen molar-refractivity contribution >= 4 is 5.97 Å². The van der Waals surface area contributed by atoms with Crippen molar-refractivity contribution in [1.29, 1.82) is 0 Å². The third kappa shape index (κ3) is 3.22. The Balaban J connectivity index is 1.60. The number of rotatable bonds is 6. The first-order valence-corrected chi connectivity index (χ1v) is 7.40. The van der Waals surface area contributed by atoms with Gasteiger partial charge in [-0.15, -0.1) is 0 Å². The molecule has 1 aromatic heterocycles. The Morgan fingerprint density at radius 1 is 1.45 bits per heavy atom. The summed E-state index contributed by atoms with van der Waals surface area (Å²) in [5, 5.41) is 3.54. The Labute approximate surface area is 119 Å². The van der Waals surface area contributed by atoms with Crippen LogP contribution in [0.15, 0.2) is 16.5 Å². The van der Waals surface area contributed by atoms with E-state index in [4.69, 9.17) is 4.42 Å². The predicted octanol–water partition coefficient (Wildman–Crippen LogP) is 1.78. The molecule has 2 heterocycles. The molecule has 2 fully saturated rings. The molecular weight excluding hydrogens is 256 g/mol. The highest BCUT2D eigenvalue weighted by atomic mass is 16.5. The van der Waals surface area contributed by atoms with Crippen molar-refractivity contribution in [2.75, 3.05) is 20.2 Å². The number of nitrogens with one attached hydrogen (secondary N) is 1. The first-order chi connectivity index (χ1) is 9.76. The monoisotopic (exact) mass is 278 g/mol. The Hall–Kier alpha value is -1.33. The van der Waals surface area contributed by atoms with Crippen LogP contribution in [0.5, 0.6) is 0 Å². The van der Waals surface area contributed by atoms with Gasteiger partial charge in [0.15, 0.2) is 0 Å². The van der Waals surface area contributed by atoms with E-state index in [1.165, 1.54) is 32.8 Å². The molecule has 0 amide bonds. The first-order valence-electron chi connectivity index (χ1n) is 7.40. The third-order valence-corrected chi connectivity index (χ3v) is 4.09. The van der Waals surface area contributed by atoms with Gasteiger partial charge in [0.25, 0.3) is 0 Å². The van der Waals surface area contributed by atoms with Crippen LogP contribution < -0.4 is 5.32 Å². The highest BCUT2D eigenvalue weighted by molar-refractivity contribution is 5.86. The summed E-state index contributed by atoms with van der Waals surface area (Å²) in [6, 6.07) is 4.86. The number of furan rings is 1. The average Bonchev–Trinajstić information content (AvgIpc) is 2.99. The summed E-state index contributed by atoms with van der Waals surface area (Å²) in [5.74, 6) is 0.721. The Bertz CT molecular complexity index is 461. The van der Waals surface area contributed by atoms with Crippen molar-refractivity contribution in [1.82, 2.24) is 10.2 Å². The lowest BCUT2D eigenvalue weighted by atomic mass is 10.2. The highest BCUT2D eigenvalue weighted by Gasteiger charge is 2.32. The minimum atomic E-state index is -0.410. The fourth-order valence-electron chi connectivity index (χ4n) is 2.85. The summed E-state index contributed by atoms with van der Waals surface area (Å²) in [6.07, 6.45) is 5.08. The van der Waals surface area contributed by atoms with E-state index in [1.54, 1.807) is 6.07 Å². The number of nitrogens with zero attached hydrogens (tertiary/aromatic N) is 1. The van der Waals surface area contributed by atoms with Crippen molar-refractivity contribution in [2.24, 2.45) is 0 Å². The topological polar surface area (TPSA) is 54.7 Å². The summed E-state index contributed by atoms with van der Waals surface area (Å²) < 4.78 is 10.2. The number of esters is 1. The van der Waals surface area contributed by atoms with E-state index < -0.39 is 5.97 Å². The van der Waals surface area contributed by atoms with Gasteiger partial charge in [0.2, 0.25) is 5.76 Å². The number of carbonyl (C=O) groups excluding carboxylic acids is 1. The second kappa shape index (κ2) is 5.97. The van der Waals surface area contributed by atoms with Crippen LogP contribution in [0.1, 0.15) is 42.0 Å². The van der Waals surface area contributed by atoms with Gasteiger partial charge < -0.3 is 14.5 Å². The summed E-state index contributed by atoms with van der Waals surface area (Å²) in [4.78, 5) is 13.9. The van der Waals surface area contributed by atoms with Gasteiger partial charge in [0.1, 0.15) is 5.76 Å². The molecule has 0 radical (unpaired) electrons. The molecule has 1 atom stereocenters. The van der Waals surface area contributed by atoms with Crippen LogP contribution in [0.2, 0.25) is 0 Å². The fraction of sp³-hybridized carbons (Fsp3) is 0.667. The second-order valence-corrected chi connectivity index (χ2v) is 5.71. The van der Waals surface area contributed by atoms with Gasteiger partial charge in [-0.05, 0) is 44.4 Å². The van der Waals surface area contributed by atoms with E-state index >= 15 is 0 Å². The predicted molar refractivity (Wildman–Crippen MR) is 74.5 cm³/mol. The fourth-order valence-corrected chi connectivity index (χ4v) is 2.85. The van der Waals surface area contributed by atoms with Crippen LogP contribution in [-0.4, -0.2) is 43.2 Å². The van der Waals surface area contributed by atoms with Gasteiger partial charge in [-0.1, -0.05) is 0 Å². The van der Waals surface area contributed by atoms with Crippen molar-refractivity contribution in [3.63, 3.8) is 0 Å². The largest absolute Gasteiger partial charge is 0.463 e. The summed E-state index contributed by atoms with van der Waals surface area (Å²) in [7, 11) is 1.37. The van der Waals surface area contributed by atoms with Gasteiger partial charge in [0.05, 0.1) is 13.7 Å². The molecule has 1 aliphatic carbocycles. The molecule has 5 nitrogen and oxygen atoms in total. The second-order valence-electron chi connectivity index (χ2n) is 5.71.